The highest BCUT2D eigenvalue weighted by molar-refractivity contribution is 7.99. The van der Waals surface area contributed by atoms with E-state index < -0.39 is 0 Å². The number of carbonyl (C=O) groups excluding carboxylic acids is 1. The molecule has 3 nitrogen and oxygen atoms in total. The van der Waals surface area contributed by atoms with Crippen LogP contribution in [0.5, 0.6) is 0 Å². The minimum absolute atomic E-state index is 0.312. The van der Waals surface area contributed by atoms with Crippen LogP contribution in [0, 0.1) is 0 Å². The molecule has 1 unspecified atom stereocenters. The molecule has 1 atom stereocenters. The van der Waals surface area contributed by atoms with Crippen molar-refractivity contribution >= 4 is 17.7 Å². The fraction of sp³-hybridized carbons (Fsp3) is 0.625. The molecule has 0 aromatic carbocycles. The number of ether oxygens (including phenoxy) is 1. The summed E-state index contributed by atoms with van der Waals surface area (Å²) >= 11 is 1.93. The summed E-state index contributed by atoms with van der Waals surface area (Å²) < 4.78 is 4.44. The molecule has 0 spiro atoms. The van der Waals surface area contributed by atoms with Crippen LogP contribution in [0.1, 0.15) is 6.42 Å². The Kier molecular flexibility index (Phi) is 4.00. The lowest BCUT2D eigenvalue weighted by Gasteiger charge is -2.06. The smallest absolute Gasteiger partial charge is 0.331 e. The predicted octanol–water partition coefficient (Wildman–Crippen LogP) is 0.768. The standard InChI is InChI=1S/C8H13NO2S/c1-11-8(10)2-4-9-7-3-5-12-6-7/h2,4,7,9H,3,5-6H2,1H3/b4-2+. The van der Waals surface area contributed by atoms with Crippen LogP contribution in [0.2, 0.25) is 0 Å². The van der Waals surface area contributed by atoms with Gasteiger partial charge in [-0.25, -0.2) is 4.79 Å². The molecule has 0 aromatic heterocycles. The number of nitrogens with one attached hydrogen (secondary N) is 1. The van der Waals surface area contributed by atoms with Gasteiger partial charge in [0.15, 0.2) is 0 Å². The number of hydrogen-bond donors (Lipinski definition) is 1. The average Bonchev–Trinajstić information content (AvgIpc) is 2.57. The summed E-state index contributed by atoms with van der Waals surface area (Å²) in [5.41, 5.74) is 0. The van der Waals surface area contributed by atoms with Gasteiger partial charge in [-0.15, -0.1) is 0 Å². The lowest BCUT2D eigenvalue weighted by molar-refractivity contribution is -0.134. The number of rotatable bonds is 3. The first-order valence-corrected chi connectivity index (χ1v) is 5.06. The Morgan fingerprint density at radius 1 is 1.75 bits per heavy atom. The summed E-state index contributed by atoms with van der Waals surface area (Å²) in [4.78, 5) is 10.6. The maximum atomic E-state index is 10.6. The summed E-state index contributed by atoms with van der Waals surface area (Å²) in [5.74, 6) is 2.03. The molecule has 12 heavy (non-hydrogen) atoms. The SMILES string of the molecule is COC(=O)/C=C/NC1CCSC1. The Morgan fingerprint density at radius 2 is 2.58 bits per heavy atom. The Balaban J connectivity index is 2.15. The summed E-state index contributed by atoms with van der Waals surface area (Å²) in [6.45, 7) is 0. The van der Waals surface area contributed by atoms with Gasteiger partial charge in [-0.05, 0) is 12.2 Å². The quantitative estimate of drug-likeness (QED) is 0.523. The molecule has 1 aliphatic rings. The van der Waals surface area contributed by atoms with E-state index in [1.165, 1.54) is 25.4 Å². The molecule has 1 rings (SSSR count). The van der Waals surface area contributed by atoms with Crippen molar-refractivity contribution in [3.8, 4) is 0 Å². The molecular weight excluding hydrogens is 174 g/mol. The van der Waals surface area contributed by atoms with Gasteiger partial charge in [-0.3, -0.25) is 0 Å². The lowest BCUT2D eigenvalue weighted by Crippen LogP contribution is -2.23. The van der Waals surface area contributed by atoms with Gasteiger partial charge >= 0.3 is 5.97 Å². The van der Waals surface area contributed by atoms with E-state index in [4.69, 9.17) is 0 Å². The van der Waals surface area contributed by atoms with Crippen LogP contribution in [-0.2, 0) is 9.53 Å². The normalized spacial score (nSPS) is 22.9. The summed E-state index contributed by atoms with van der Waals surface area (Å²) in [6.07, 6.45) is 4.25. The van der Waals surface area contributed by atoms with Crippen LogP contribution in [0.15, 0.2) is 12.3 Å². The molecule has 1 aliphatic heterocycles. The molecule has 1 heterocycles. The Morgan fingerprint density at radius 3 is 3.17 bits per heavy atom. The van der Waals surface area contributed by atoms with Crippen molar-refractivity contribution in [3.63, 3.8) is 0 Å². The van der Waals surface area contributed by atoms with Crippen LogP contribution in [0.3, 0.4) is 0 Å². The Bertz CT molecular complexity index is 176. The van der Waals surface area contributed by atoms with Crippen LogP contribution in [0.4, 0.5) is 0 Å². The third kappa shape index (κ3) is 3.17. The van der Waals surface area contributed by atoms with Crippen molar-refractivity contribution in [2.75, 3.05) is 18.6 Å². The third-order valence-corrected chi connectivity index (χ3v) is 2.84. The molecule has 1 saturated heterocycles. The van der Waals surface area contributed by atoms with Gasteiger partial charge in [-0.1, -0.05) is 0 Å². The van der Waals surface area contributed by atoms with Gasteiger partial charge in [0.2, 0.25) is 0 Å². The van der Waals surface area contributed by atoms with E-state index in [1.54, 1.807) is 6.20 Å². The largest absolute Gasteiger partial charge is 0.466 e. The first kappa shape index (κ1) is 9.45. The van der Waals surface area contributed by atoms with Gasteiger partial charge in [0.1, 0.15) is 0 Å². The molecule has 0 saturated carbocycles. The molecule has 1 N–H and O–H groups in total. The van der Waals surface area contributed by atoms with Crippen LogP contribution < -0.4 is 5.32 Å². The van der Waals surface area contributed by atoms with E-state index in [2.05, 4.69) is 10.1 Å². The van der Waals surface area contributed by atoms with Crippen molar-refractivity contribution in [3.05, 3.63) is 12.3 Å². The second-order valence-electron chi connectivity index (χ2n) is 2.58. The highest BCUT2D eigenvalue weighted by Crippen LogP contribution is 2.16. The van der Waals surface area contributed by atoms with Crippen molar-refractivity contribution in [1.29, 1.82) is 0 Å². The molecule has 68 valence electrons. The van der Waals surface area contributed by atoms with E-state index in [0.29, 0.717) is 6.04 Å². The van der Waals surface area contributed by atoms with Crippen LogP contribution in [-0.4, -0.2) is 30.6 Å². The van der Waals surface area contributed by atoms with Crippen molar-refractivity contribution < 1.29 is 9.53 Å². The van der Waals surface area contributed by atoms with E-state index in [9.17, 15) is 4.79 Å². The average molecular weight is 187 g/mol. The zero-order valence-corrected chi connectivity index (χ0v) is 7.89. The van der Waals surface area contributed by atoms with Crippen molar-refractivity contribution in [2.24, 2.45) is 0 Å². The first-order chi connectivity index (χ1) is 5.83. The third-order valence-electron chi connectivity index (χ3n) is 1.68. The topological polar surface area (TPSA) is 38.3 Å². The van der Waals surface area contributed by atoms with Gasteiger partial charge < -0.3 is 10.1 Å². The molecule has 0 amide bonds. The maximum absolute atomic E-state index is 10.6. The van der Waals surface area contributed by atoms with Gasteiger partial charge in [-0.2, -0.15) is 11.8 Å². The van der Waals surface area contributed by atoms with E-state index in [1.807, 2.05) is 11.8 Å². The van der Waals surface area contributed by atoms with Crippen LogP contribution in [0.25, 0.3) is 0 Å². The summed E-state index contributed by atoms with van der Waals surface area (Å²) in [5, 5.41) is 3.14. The molecular formula is C8H13NO2S. The fourth-order valence-electron chi connectivity index (χ4n) is 0.986. The molecule has 0 aliphatic carbocycles. The summed E-state index contributed by atoms with van der Waals surface area (Å²) in [7, 11) is 1.37. The minimum atomic E-state index is -0.312. The highest BCUT2D eigenvalue weighted by Gasteiger charge is 2.12. The van der Waals surface area contributed by atoms with E-state index in [-0.39, 0.29) is 5.97 Å². The number of esters is 1. The summed E-state index contributed by atoms with van der Waals surface area (Å²) in [6, 6.07) is 0.524. The maximum Gasteiger partial charge on any atom is 0.331 e. The minimum Gasteiger partial charge on any atom is -0.466 e. The van der Waals surface area contributed by atoms with E-state index >= 15 is 0 Å². The van der Waals surface area contributed by atoms with Gasteiger partial charge in [0.05, 0.1) is 7.11 Å². The zero-order chi connectivity index (χ0) is 8.81. The number of carbonyl (C=O) groups is 1. The predicted molar refractivity (Wildman–Crippen MR) is 50.0 cm³/mol. The fourth-order valence-corrected chi connectivity index (χ4v) is 2.15. The monoisotopic (exact) mass is 187 g/mol. The second kappa shape index (κ2) is 5.09. The van der Waals surface area contributed by atoms with Crippen LogP contribution >= 0.6 is 11.8 Å². The number of methoxy groups -OCH3 is 1. The van der Waals surface area contributed by atoms with Crippen molar-refractivity contribution in [1.82, 2.24) is 5.32 Å². The second-order valence-corrected chi connectivity index (χ2v) is 3.73. The van der Waals surface area contributed by atoms with E-state index in [0.717, 1.165) is 5.75 Å². The molecule has 0 bridgehead atoms. The Labute approximate surface area is 76.5 Å². The highest BCUT2D eigenvalue weighted by atomic mass is 32.2. The zero-order valence-electron chi connectivity index (χ0n) is 7.08. The number of hydrogen-bond acceptors (Lipinski definition) is 4. The van der Waals surface area contributed by atoms with Gasteiger partial charge in [0.25, 0.3) is 0 Å². The van der Waals surface area contributed by atoms with Crippen molar-refractivity contribution in [2.45, 2.75) is 12.5 Å². The molecule has 1 fully saturated rings. The van der Waals surface area contributed by atoms with Gasteiger partial charge in [0, 0.05) is 24.1 Å². The molecule has 0 aromatic rings. The Hall–Kier alpha value is -0.640. The lowest BCUT2D eigenvalue weighted by atomic mass is 10.3. The molecule has 4 heteroatoms. The first-order valence-electron chi connectivity index (χ1n) is 3.91. The molecule has 0 radical (unpaired) electrons. The number of thioether (sulfide) groups is 1.